The molecule has 12 nitrogen and oxygen atoms in total. The summed E-state index contributed by atoms with van der Waals surface area (Å²) in [6, 6.07) is 14.9. The maximum atomic E-state index is 13.5. The van der Waals surface area contributed by atoms with Crippen LogP contribution in [-0.4, -0.2) is 77.0 Å². The van der Waals surface area contributed by atoms with E-state index in [1.165, 1.54) is 12.8 Å². The lowest BCUT2D eigenvalue weighted by molar-refractivity contribution is -0.127. The highest BCUT2D eigenvalue weighted by molar-refractivity contribution is 6.08. The monoisotopic (exact) mass is 817 g/mol. The van der Waals surface area contributed by atoms with Crippen molar-refractivity contribution in [3.8, 4) is 0 Å². The quantitative estimate of drug-likeness (QED) is 0.103. The number of amides is 4. The van der Waals surface area contributed by atoms with Crippen molar-refractivity contribution in [2.75, 3.05) is 38.0 Å². The number of nitrogens with two attached hydrogens (primary N) is 1. The molecule has 12 heteroatoms. The van der Waals surface area contributed by atoms with Crippen LogP contribution in [0.25, 0.3) is 6.08 Å². The van der Waals surface area contributed by atoms with Gasteiger partial charge in [0.05, 0.1) is 17.6 Å². The second-order valence-electron chi connectivity index (χ2n) is 17.2. The van der Waals surface area contributed by atoms with E-state index >= 15 is 0 Å². The summed E-state index contributed by atoms with van der Waals surface area (Å²) < 4.78 is 0. The van der Waals surface area contributed by atoms with Crippen LogP contribution in [0.2, 0.25) is 0 Å². The molecule has 0 radical (unpaired) electrons. The highest BCUT2D eigenvalue weighted by atomic mass is 16.2. The van der Waals surface area contributed by atoms with E-state index < -0.39 is 0 Å². The number of fused-ring (bicyclic) bond motifs is 2. The molecule has 0 bridgehead atoms. The van der Waals surface area contributed by atoms with Gasteiger partial charge in [0.2, 0.25) is 11.8 Å². The Morgan fingerprint density at radius 1 is 0.900 bits per heavy atom. The first-order chi connectivity index (χ1) is 29.0. The maximum absolute atomic E-state index is 13.5. The summed E-state index contributed by atoms with van der Waals surface area (Å²) in [6.07, 6.45) is 13.0. The molecule has 5 N–H and O–H groups in total. The van der Waals surface area contributed by atoms with Gasteiger partial charge >= 0.3 is 0 Å². The van der Waals surface area contributed by atoms with Crippen LogP contribution in [-0.2, 0) is 29.1 Å². The molecule has 4 amide bonds. The van der Waals surface area contributed by atoms with Crippen LogP contribution in [0.4, 0.5) is 11.4 Å². The normalized spacial score (nSPS) is 17.7. The lowest BCUT2D eigenvalue weighted by Gasteiger charge is -2.28. The van der Waals surface area contributed by atoms with Crippen molar-refractivity contribution >= 4 is 46.9 Å². The predicted octanol–water partition coefficient (Wildman–Crippen LogP) is 7.41. The number of hydrogen-bond donors (Lipinski definition) is 4. The number of carbonyl (C=O) groups excluding carboxylic acids is 4. The van der Waals surface area contributed by atoms with Crippen molar-refractivity contribution in [2.24, 2.45) is 28.5 Å². The molecule has 2 aromatic carbocycles. The van der Waals surface area contributed by atoms with Crippen molar-refractivity contribution < 1.29 is 19.2 Å². The van der Waals surface area contributed by atoms with Gasteiger partial charge in [0.25, 0.3) is 11.8 Å². The fraction of sp³-hybridized carbons (Fsp3) is 0.500. The van der Waals surface area contributed by atoms with Crippen LogP contribution in [0.3, 0.4) is 0 Å². The zero-order chi connectivity index (χ0) is 42.6. The van der Waals surface area contributed by atoms with E-state index in [0.29, 0.717) is 73.2 Å². The zero-order valence-electron chi connectivity index (χ0n) is 36.0. The number of rotatable bonds is 17. The van der Waals surface area contributed by atoms with Gasteiger partial charge in [0.1, 0.15) is 5.84 Å². The van der Waals surface area contributed by atoms with Crippen molar-refractivity contribution in [3.05, 3.63) is 93.8 Å². The minimum atomic E-state index is -0.290. The van der Waals surface area contributed by atoms with Gasteiger partial charge in [-0.3, -0.25) is 29.1 Å². The van der Waals surface area contributed by atoms with E-state index in [9.17, 15) is 19.2 Å². The van der Waals surface area contributed by atoms with E-state index in [1.807, 2.05) is 47.4 Å². The molecule has 3 aliphatic rings. The zero-order valence-corrected chi connectivity index (χ0v) is 36.0. The maximum Gasteiger partial charge on any atom is 0.255 e. The lowest BCUT2D eigenvalue weighted by Crippen LogP contribution is -2.38. The molecule has 1 fully saturated rings. The number of anilines is 1. The van der Waals surface area contributed by atoms with Crippen LogP contribution in [0.15, 0.2) is 65.3 Å². The van der Waals surface area contributed by atoms with E-state index in [4.69, 9.17) is 5.73 Å². The molecule has 1 aromatic heterocycles. The first-order valence-electron chi connectivity index (χ1n) is 22.1. The molecular formula is C48H64N8O4. The van der Waals surface area contributed by atoms with Gasteiger partial charge in [0, 0.05) is 92.5 Å². The second kappa shape index (κ2) is 21.2. The Morgan fingerprint density at radius 2 is 1.62 bits per heavy atom. The van der Waals surface area contributed by atoms with E-state index in [2.05, 4.69) is 58.5 Å². The summed E-state index contributed by atoms with van der Waals surface area (Å²) in [5.41, 5.74) is 12.9. The minimum absolute atomic E-state index is 0.0303. The van der Waals surface area contributed by atoms with Crippen molar-refractivity contribution in [1.29, 1.82) is 0 Å². The van der Waals surface area contributed by atoms with E-state index in [1.54, 1.807) is 18.3 Å². The standard InChI is InChI=1S/C48H64N8O4/c1-5-22-56(23-6-2)48(60)39-25-37-17-18-38(27-43(37)54-44(49)28-39)47(59)53-41-26-40-31-55(24-19-42(40)52-29-41)30-34-11-15-36(16-12-34)46(58)51-21-20-50-45(57)35-13-9-33(10-14-35)8-7-32(3)4/h11-12,15-18,25-27,29,32-33,35H,5-10,13-14,19-24,28,30-31H2,1-4H3,(H2,49,54)(H,50,57)(H,51,58)(H,53,59). The molecule has 0 atom stereocenters. The first kappa shape index (κ1) is 44.2. The van der Waals surface area contributed by atoms with Gasteiger partial charge in [-0.15, -0.1) is 0 Å². The highest BCUT2D eigenvalue weighted by Crippen LogP contribution is 2.33. The summed E-state index contributed by atoms with van der Waals surface area (Å²) in [6.45, 7) is 13.1. The fourth-order valence-corrected chi connectivity index (χ4v) is 8.53. The van der Waals surface area contributed by atoms with Gasteiger partial charge < -0.3 is 26.6 Å². The predicted molar refractivity (Wildman–Crippen MR) is 239 cm³/mol. The van der Waals surface area contributed by atoms with Gasteiger partial charge in [0.15, 0.2) is 0 Å². The average Bonchev–Trinajstić information content (AvgIpc) is 3.41. The molecule has 0 saturated heterocycles. The third kappa shape index (κ3) is 12.1. The van der Waals surface area contributed by atoms with Gasteiger partial charge in [-0.25, -0.2) is 4.99 Å². The summed E-state index contributed by atoms with van der Waals surface area (Å²) in [5, 5.41) is 8.97. The van der Waals surface area contributed by atoms with Crippen molar-refractivity contribution in [3.63, 3.8) is 0 Å². The molecule has 2 aliphatic heterocycles. The third-order valence-electron chi connectivity index (χ3n) is 11.9. The number of pyridine rings is 1. The number of nitrogens with zero attached hydrogens (tertiary/aromatic N) is 4. The Kier molecular flexibility index (Phi) is 15.7. The summed E-state index contributed by atoms with van der Waals surface area (Å²) in [5.74, 6) is 1.54. The topological polar surface area (TPSA) is 162 Å². The summed E-state index contributed by atoms with van der Waals surface area (Å²) in [4.78, 5) is 65.9. The van der Waals surface area contributed by atoms with Crippen molar-refractivity contribution in [1.82, 2.24) is 25.4 Å². The molecule has 3 heterocycles. The molecule has 320 valence electrons. The number of aromatic nitrogens is 1. The number of hydrogen-bond acceptors (Lipinski definition) is 8. The fourth-order valence-electron chi connectivity index (χ4n) is 8.53. The Hall–Kier alpha value is -5.36. The molecule has 1 aliphatic carbocycles. The Labute approximate surface area is 355 Å². The number of nitrogens with one attached hydrogen (secondary N) is 3. The molecule has 6 rings (SSSR count). The van der Waals surface area contributed by atoms with E-state index in [-0.39, 0.29) is 36.0 Å². The van der Waals surface area contributed by atoms with Gasteiger partial charge in [-0.05, 0) is 97.9 Å². The van der Waals surface area contributed by atoms with Crippen LogP contribution < -0.4 is 21.7 Å². The minimum Gasteiger partial charge on any atom is -0.387 e. The number of benzene rings is 2. The number of amidine groups is 1. The first-order valence-corrected chi connectivity index (χ1v) is 22.1. The number of aliphatic imine (C=N–C) groups is 1. The molecule has 3 aromatic rings. The second-order valence-corrected chi connectivity index (χ2v) is 17.2. The third-order valence-corrected chi connectivity index (χ3v) is 11.9. The molecule has 0 unspecified atom stereocenters. The summed E-state index contributed by atoms with van der Waals surface area (Å²) in [7, 11) is 0. The molecule has 1 saturated carbocycles. The van der Waals surface area contributed by atoms with Crippen LogP contribution >= 0.6 is 0 Å². The smallest absolute Gasteiger partial charge is 0.255 e. The van der Waals surface area contributed by atoms with Gasteiger partial charge in [-0.1, -0.05) is 58.7 Å². The SMILES string of the molecule is CCCN(CCC)C(=O)C1=Cc2ccc(C(=O)Nc3cnc4c(c3)CN(Cc3ccc(C(=O)NCCNC(=O)C5CCC(CCC(C)C)CC5)cc3)CC4)cc2N=C(N)C1. The Balaban J connectivity index is 0.968. The lowest BCUT2D eigenvalue weighted by atomic mass is 9.79. The molecule has 60 heavy (non-hydrogen) atoms. The summed E-state index contributed by atoms with van der Waals surface area (Å²) >= 11 is 0. The van der Waals surface area contributed by atoms with Crippen molar-refractivity contribution in [2.45, 2.75) is 105 Å². The molecular weight excluding hydrogens is 753 g/mol. The Bertz CT molecular complexity index is 2040. The number of carbonyl (C=O) groups is 4. The van der Waals surface area contributed by atoms with Gasteiger partial charge in [-0.2, -0.15) is 0 Å². The average molecular weight is 817 g/mol. The molecule has 0 spiro atoms. The van der Waals surface area contributed by atoms with Crippen LogP contribution in [0, 0.1) is 17.8 Å². The van der Waals surface area contributed by atoms with E-state index in [0.717, 1.165) is 85.7 Å². The largest absolute Gasteiger partial charge is 0.387 e. The highest BCUT2D eigenvalue weighted by Gasteiger charge is 2.26. The van der Waals surface area contributed by atoms with Crippen LogP contribution in [0.1, 0.15) is 129 Å². The van der Waals surface area contributed by atoms with Crippen LogP contribution in [0.5, 0.6) is 0 Å². The Morgan fingerprint density at radius 3 is 2.33 bits per heavy atom.